The molecule has 5 nitrogen and oxygen atoms in total. The van der Waals surface area contributed by atoms with Gasteiger partial charge in [0, 0.05) is 24.2 Å². The number of hydrogen-bond acceptors (Lipinski definition) is 4. The molecule has 0 heterocycles. The van der Waals surface area contributed by atoms with E-state index in [1.54, 1.807) is 7.11 Å². The molecule has 23 heavy (non-hydrogen) atoms. The Hall–Kier alpha value is -1.75. The van der Waals surface area contributed by atoms with Crippen LogP contribution in [0.1, 0.15) is 52.6 Å². The lowest BCUT2D eigenvalue weighted by Crippen LogP contribution is -2.44. The minimum absolute atomic E-state index is 0.0157. The molecule has 1 aromatic carbocycles. The van der Waals surface area contributed by atoms with Gasteiger partial charge in [-0.15, -0.1) is 0 Å². The maximum Gasteiger partial charge on any atom is 0.407 e. The molecule has 2 N–H and O–H groups in total. The number of para-hydroxylation sites is 1. The molecule has 0 aliphatic heterocycles. The molecule has 1 rings (SSSR count). The number of ether oxygens (including phenoxy) is 2. The van der Waals surface area contributed by atoms with Crippen molar-refractivity contribution in [1.82, 2.24) is 10.6 Å². The number of hydrogen-bond donors (Lipinski definition) is 2. The number of nitrogens with one attached hydrogen (secondary N) is 2. The highest BCUT2D eigenvalue weighted by Gasteiger charge is 2.19. The van der Waals surface area contributed by atoms with Crippen molar-refractivity contribution in [2.24, 2.45) is 0 Å². The summed E-state index contributed by atoms with van der Waals surface area (Å²) in [5.74, 6) is 0.862. The van der Waals surface area contributed by atoms with Crippen molar-refractivity contribution in [2.75, 3.05) is 13.7 Å². The van der Waals surface area contributed by atoms with Gasteiger partial charge in [0.05, 0.1) is 7.11 Å². The monoisotopic (exact) mass is 322 g/mol. The summed E-state index contributed by atoms with van der Waals surface area (Å²) in [5, 5.41) is 6.35. The number of carbonyl (C=O) groups is 1. The quantitative estimate of drug-likeness (QED) is 0.804. The van der Waals surface area contributed by atoms with Gasteiger partial charge in [-0.25, -0.2) is 4.79 Å². The Bertz CT molecular complexity index is 497. The molecular formula is C18H30N2O3. The van der Waals surface area contributed by atoms with E-state index in [4.69, 9.17) is 9.47 Å². The SMILES string of the molecule is CCC(CNC(C)c1ccccc1OC)NC(=O)OC(C)(C)C. The maximum absolute atomic E-state index is 11.9. The number of alkyl carbamates (subject to hydrolysis) is 1. The zero-order valence-corrected chi connectivity index (χ0v) is 15.1. The third-order valence-corrected chi connectivity index (χ3v) is 3.49. The van der Waals surface area contributed by atoms with E-state index in [9.17, 15) is 4.79 Å². The molecule has 0 bridgehead atoms. The molecule has 2 atom stereocenters. The first kappa shape index (κ1) is 19.3. The van der Waals surface area contributed by atoms with Crippen LogP contribution < -0.4 is 15.4 Å². The molecule has 0 aliphatic carbocycles. The summed E-state index contributed by atoms with van der Waals surface area (Å²) in [5.41, 5.74) is 0.614. The van der Waals surface area contributed by atoms with Crippen LogP contribution in [0.4, 0.5) is 4.79 Å². The van der Waals surface area contributed by atoms with Gasteiger partial charge in [0.1, 0.15) is 11.4 Å². The lowest BCUT2D eigenvalue weighted by molar-refractivity contribution is 0.0502. The van der Waals surface area contributed by atoms with E-state index < -0.39 is 5.60 Å². The van der Waals surface area contributed by atoms with Crippen LogP contribution in [0.3, 0.4) is 0 Å². The van der Waals surface area contributed by atoms with Crippen molar-refractivity contribution in [3.63, 3.8) is 0 Å². The van der Waals surface area contributed by atoms with Crippen molar-refractivity contribution >= 4 is 6.09 Å². The molecule has 0 spiro atoms. The third kappa shape index (κ3) is 6.91. The van der Waals surface area contributed by atoms with Crippen molar-refractivity contribution in [3.05, 3.63) is 29.8 Å². The molecule has 0 radical (unpaired) electrons. The Balaban J connectivity index is 2.55. The van der Waals surface area contributed by atoms with E-state index in [1.165, 1.54) is 0 Å². The molecular weight excluding hydrogens is 292 g/mol. The Labute approximate surface area is 139 Å². The van der Waals surface area contributed by atoms with Gasteiger partial charge in [-0.3, -0.25) is 0 Å². The summed E-state index contributed by atoms with van der Waals surface area (Å²) in [6.45, 7) is 10.4. The van der Waals surface area contributed by atoms with Gasteiger partial charge >= 0.3 is 6.09 Å². The number of amides is 1. The van der Waals surface area contributed by atoms with Gasteiger partial charge in [-0.1, -0.05) is 25.1 Å². The van der Waals surface area contributed by atoms with Gasteiger partial charge in [0.25, 0.3) is 0 Å². The normalized spacial score (nSPS) is 14.0. The Morgan fingerprint density at radius 3 is 2.48 bits per heavy atom. The zero-order chi connectivity index (χ0) is 17.5. The number of carbonyl (C=O) groups excluding carboxylic acids is 1. The highest BCUT2D eigenvalue weighted by molar-refractivity contribution is 5.68. The fraction of sp³-hybridized carbons (Fsp3) is 0.611. The summed E-state index contributed by atoms with van der Waals surface area (Å²) in [4.78, 5) is 11.9. The largest absolute Gasteiger partial charge is 0.496 e. The number of benzene rings is 1. The average molecular weight is 322 g/mol. The van der Waals surface area contributed by atoms with Crippen LogP contribution in [0, 0.1) is 0 Å². The molecule has 0 saturated heterocycles. The lowest BCUT2D eigenvalue weighted by Gasteiger charge is -2.25. The van der Waals surface area contributed by atoms with Crippen LogP contribution in [0.15, 0.2) is 24.3 Å². The summed E-state index contributed by atoms with van der Waals surface area (Å²) < 4.78 is 10.7. The first-order valence-corrected chi connectivity index (χ1v) is 8.12. The van der Waals surface area contributed by atoms with Crippen molar-refractivity contribution < 1.29 is 14.3 Å². The van der Waals surface area contributed by atoms with E-state index in [2.05, 4.69) is 17.6 Å². The molecule has 1 amide bonds. The van der Waals surface area contributed by atoms with Gasteiger partial charge in [0.2, 0.25) is 0 Å². The molecule has 0 aliphatic rings. The van der Waals surface area contributed by atoms with E-state index in [1.807, 2.05) is 52.0 Å². The molecule has 1 aromatic rings. The topological polar surface area (TPSA) is 59.6 Å². The summed E-state index contributed by atoms with van der Waals surface area (Å²) in [6, 6.07) is 8.07. The fourth-order valence-corrected chi connectivity index (χ4v) is 2.22. The van der Waals surface area contributed by atoms with Crippen molar-refractivity contribution in [2.45, 2.75) is 58.7 Å². The van der Waals surface area contributed by atoms with E-state index >= 15 is 0 Å². The first-order chi connectivity index (χ1) is 10.8. The molecule has 0 fully saturated rings. The smallest absolute Gasteiger partial charge is 0.407 e. The molecule has 0 saturated carbocycles. The van der Waals surface area contributed by atoms with E-state index in [0.29, 0.717) is 6.54 Å². The molecule has 0 aromatic heterocycles. The van der Waals surface area contributed by atoms with Gasteiger partial charge in [-0.2, -0.15) is 0 Å². The second-order valence-corrected chi connectivity index (χ2v) is 6.62. The average Bonchev–Trinajstić information content (AvgIpc) is 2.49. The highest BCUT2D eigenvalue weighted by Crippen LogP contribution is 2.24. The summed E-state index contributed by atoms with van der Waals surface area (Å²) in [6.07, 6.45) is 0.446. The second kappa shape index (κ2) is 8.77. The minimum atomic E-state index is -0.486. The molecule has 5 heteroatoms. The van der Waals surface area contributed by atoms with E-state index in [0.717, 1.165) is 17.7 Å². The first-order valence-electron chi connectivity index (χ1n) is 8.12. The van der Waals surface area contributed by atoms with Crippen LogP contribution >= 0.6 is 0 Å². The Kier molecular flexibility index (Phi) is 7.36. The predicted molar refractivity (Wildman–Crippen MR) is 92.9 cm³/mol. The highest BCUT2D eigenvalue weighted by atomic mass is 16.6. The standard InChI is InChI=1S/C18H30N2O3/c1-7-14(20-17(21)23-18(3,4)5)12-19-13(2)15-10-8-9-11-16(15)22-6/h8-11,13-14,19H,7,12H2,1-6H3,(H,20,21). The van der Waals surface area contributed by atoms with Crippen LogP contribution in [0.25, 0.3) is 0 Å². The van der Waals surface area contributed by atoms with E-state index in [-0.39, 0.29) is 18.2 Å². The molecule has 130 valence electrons. The molecule has 2 unspecified atom stereocenters. The van der Waals surface area contributed by atoms with Gasteiger partial charge in [0.15, 0.2) is 0 Å². The third-order valence-electron chi connectivity index (χ3n) is 3.49. The number of methoxy groups -OCH3 is 1. The lowest BCUT2D eigenvalue weighted by atomic mass is 10.1. The predicted octanol–water partition coefficient (Wildman–Crippen LogP) is 3.65. The maximum atomic E-state index is 11.9. The Morgan fingerprint density at radius 1 is 1.26 bits per heavy atom. The van der Waals surface area contributed by atoms with Gasteiger partial charge in [-0.05, 0) is 40.2 Å². The zero-order valence-electron chi connectivity index (χ0n) is 15.1. The minimum Gasteiger partial charge on any atom is -0.496 e. The van der Waals surface area contributed by atoms with Crippen LogP contribution in [0.2, 0.25) is 0 Å². The Morgan fingerprint density at radius 2 is 1.91 bits per heavy atom. The van der Waals surface area contributed by atoms with Crippen molar-refractivity contribution in [3.8, 4) is 5.75 Å². The summed E-state index contributed by atoms with van der Waals surface area (Å²) >= 11 is 0. The van der Waals surface area contributed by atoms with Crippen LogP contribution in [0.5, 0.6) is 5.75 Å². The van der Waals surface area contributed by atoms with Gasteiger partial charge < -0.3 is 20.1 Å². The number of rotatable bonds is 7. The fourth-order valence-electron chi connectivity index (χ4n) is 2.22. The van der Waals surface area contributed by atoms with Crippen LogP contribution in [-0.2, 0) is 4.74 Å². The van der Waals surface area contributed by atoms with Crippen LogP contribution in [-0.4, -0.2) is 31.4 Å². The van der Waals surface area contributed by atoms with Crippen molar-refractivity contribution in [1.29, 1.82) is 0 Å². The second-order valence-electron chi connectivity index (χ2n) is 6.62. The summed E-state index contributed by atoms with van der Waals surface area (Å²) in [7, 11) is 1.67.